The smallest absolute Gasteiger partial charge is 0.302 e. The second kappa shape index (κ2) is 6.25. The Labute approximate surface area is 157 Å². The van der Waals surface area contributed by atoms with Crippen molar-refractivity contribution in [3.8, 4) is 6.07 Å². The predicted octanol–water partition coefficient (Wildman–Crippen LogP) is 5.33. The molecule has 0 amide bonds. The third kappa shape index (κ3) is 2.56. The van der Waals surface area contributed by atoms with Crippen molar-refractivity contribution >= 4 is 5.97 Å². The number of carbonyl (C=O) groups excluding carboxylic acids is 1. The molecule has 0 aromatic rings. The second-order valence-electron chi connectivity index (χ2n) is 9.53. The minimum absolute atomic E-state index is 0.0777. The average Bonchev–Trinajstić information content (AvgIpc) is 2.92. The van der Waals surface area contributed by atoms with Gasteiger partial charge in [-0.2, -0.15) is 5.26 Å². The lowest BCUT2D eigenvalue weighted by atomic mass is 9.48. The van der Waals surface area contributed by atoms with Gasteiger partial charge in [0.15, 0.2) is 0 Å². The molecule has 6 atom stereocenters. The van der Waals surface area contributed by atoms with E-state index < -0.39 is 0 Å². The fourth-order valence-electron chi connectivity index (χ4n) is 7.13. The number of ether oxygens (including phenoxy) is 1. The van der Waals surface area contributed by atoms with Crippen molar-refractivity contribution in [3.05, 3.63) is 23.3 Å². The Morgan fingerprint density at radius 2 is 1.96 bits per heavy atom. The van der Waals surface area contributed by atoms with E-state index in [0.717, 1.165) is 43.4 Å². The Morgan fingerprint density at radius 1 is 1.23 bits per heavy atom. The lowest BCUT2D eigenvalue weighted by Crippen LogP contribution is -2.49. The zero-order valence-electron chi connectivity index (χ0n) is 16.4. The lowest BCUT2D eigenvalue weighted by molar-refractivity contribution is -0.148. The number of nitriles is 1. The van der Waals surface area contributed by atoms with Crippen LogP contribution in [0.3, 0.4) is 0 Å². The van der Waals surface area contributed by atoms with Crippen molar-refractivity contribution < 1.29 is 9.53 Å². The van der Waals surface area contributed by atoms with E-state index in [0.29, 0.717) is 0 Å². The molecule has 0 aromatic carbocycles. The molecule has 0 N–H and O–H groups in total. The summed E-state index contributed by atoms with van der Waals surface area (Å²) in [6.45, 7) is 6.42. The minimum Gasteiger partial charge on any atom is -0.462 e. The van der Waals surface area contributed by atoms with Gasteiger partial charge in [0.05, 0.1) is 6.07 Å². The molecule has 26 heavy (non-hydrogen) atoms. The molecule has 0 bridgehead atoms. The minimum atomic E-state index is -0.149. The van der Waals surface area contributed by atoms with Crippen LogP contribution in [0.4, 0.5) is 0 Å². The van der Waals surface area contributed by atoms with Gasteiger partial charge < -0.3 is 4.74 Å². The van der Waals surface area contributed by atoms with E-state index in [4.69, 9.17) is 4.74 Å². The Kier molecular flexibility index (Phi) is 4.29. The monoisotopic (exact) mass is 353 g/mol. The third-order valence-electron chi connectivity index (χ3n) is 8.48. The van der Waals surface area contributed by atoms with Gasteiger partial charge in [0.1, 0.15) is 6.10 Å². The maximum Gasteiger partial charge on any atom is 0.302 e. The number of esters is 1. The number of hydrogen-bond acceptors (Lipinski definition) is 3. The quantitative estimate of drug-likeness (QED) is 0.364. The van der Waals surface area contributed by atoms with Gasteiger partial charge in [-0.1, -0.05) is 31.1 Å². The summed E-state index contributed by atoms with van der Waals surface area (Å²) in [6.07, 6.45) is 13.5. The van der Waals surface area contributed by atoms with Crippen LogP contribution in [0.2, 0.25) is 0 Å². The van der Waals surface area contributed by atoms with Gasteiger partial charge in [-0.15, -0.1) is 0 Å². The molecular weight excluding hydrogens is 322 g/mol. The van der Waals surface area contributed by atoms with Crippen molar-refractivity contribution in [2.45, 2.75) is 78.2 Å². The van der Waals surface area contributed by atoms with Crippen molar-refractivity contribution in [2.24, 2.45) is 28.6 Å². The van der Waals surface area contributed by atoms with E-state index >= 15 is 0 Å². The molecule has 0 heterocycles. The Balaban J connectivity index is 1.60. The van der Waals surface area contributed by atoms with Gasteiger partial charge >= 0.3 is 5.97 Å². The largest absolute Gasteiger partial charge is 0.462 e. The first-order valence-electron chi connectivity index (χ1n) is 10.3. The van der Waals surface area contributed by atoms with E-state index in [-0.39, 0.29) is 22.9 Å². The number of hydrogen-bond donors (Lipinski definition) is 0. The Hall–Kier alpha value is -1.56. The first kappa shape index (κ1) is 17.8. The molecule has 0 spiro atoms. The molecule has 4 aliphatic carbocycles. The molecule has 0 saturated heterocycles. The first-order valence-corrected chi connectivity index (χ1v) is 10.3. The summed E-state index contributed by atoms with van der Waals surface area (Å²) >= 11 is 0. The molecule has 3 saturated carbocycles. The van der Waals surface area contributed by atoms with Crippen LogP contribution < -0.4 is 0 Å². The van der Waals surface area contributed by atoms with Gasteiger partial charge in [-0.3, -0.25) is 4.79 Å². The number of rotatable bonds is 1. The number of fused-ring (bicyclic) bond motifs is 5. The van der Waals surface area contributed by atoms with Gasteiger partial charge in [0.25, 0.3) is 0 Å². The van der Waals surface area contributed by atoms with Gasteiger partial charge in [-0.25, -0.2) is 0 Å². The average molecular weight is 354 g/mol. The highest BCUT2D eigenvalue weighted by atomic mass is 16.5. The molecule has 0 aromatic heterocycles. The summed E-state index contributed by atoms with van der Waals surface area (Å²) < 4.78 is 5.53. The highest BCUT2D eigenvalue weighted by molar-refractivity contribution is 5.66. The molecule has 3 nitrogen and oxygen atoms in total. The summed E-state index contributed by atoms with van der Waals surface area (Å²) in [6, 6.07) is 2.30. The van der Waals surface area contributed by atoms with Crippen LogP contribution >= 0.6 is 0 Å². The second-order valence-corrected chi connectivity index (χ2v) is 9.53. The van der Waals surface area contributed by atoms with Gasteiger partial charge in [0, 0.05) is 19.4 Å². The van der Waals surface area contributed by atoms with Crippen molar-refractivity contribution in [2.75, 3.05) is 0 Å². The third-order valence-corrected chi connectivity index (χ3v) is 8.48. The highest BCUT2D eigenvalue weighted by Crippen LogP contribution is 2.66. The number of carbonyl (C=O) groups is 1. The van der Waals surface area contributed by atoms with Crippen LogP contribution in [-0.4, -0.2) is 12.1 Å². The zero-order chi connectivity index (χ0) is 18.5. The molecule has 3 heteroatoms. The molecule has 4 aliphatic rings. The molecule has 3 fully saturated rings. The summed E-state index contributed by atoms with van der Waals surface area (Å²) in [4.78, 5) is 11.4. The fourth-order valence-corrected chi connectivity index (χ4v) is 7.13. The van der Waals surface area contributed by atoms with E-state index in [2.05, 4.69) is 26.0 Å². The van der Waals surface area contributed by atoms with E-state index in [1.807, 2.05) is 6.08 Å². The summed E-state index contributed by atoms with van der Waals surface area (Å²) in [5.41, 5.74) is 3.48. The maximum absolute atomic E-state index is 11.4. The molecule has 0 radical (unpaired) electrons. The molecule has 0 aliphatic heterocycles. The van der Waals surface area contributed by atoms with Crippen LogP contribution in [0, 0.1) is 39.9 Å². The fraction of sp³-hybridized carbons (Fsp3) is 0.739. The number of allylic oxidation sites excluding steroid dienone is 3. The maximum atomic E-state index is 11.4. The summed E-state index contributed by atoms with van der Waals surface area (Å²) in [7, 11) is 0. The van der Waals surface area contributed by atoms with Crippen LogP contribution in [0.15, 0.2) is 23.3 Å². The van der Waals surface area contributed by atoms with Crippen LogP contribution in [0.25, 0.3) is 0 Å². The normalized spacial score (nSPS) is 45.8. The van der Waals surface area contributed by atoms with Crippen molar-refractivity contribution in [3.63, 3.8) is 0 Å². The predicted molar refractivity (Wildman–Crippen MR) is 101 cm³/mol. The van der Waals surface area contributed by atoms with E-state index in [1.54, 1.807) is 5.57 Å². The molecule has 140 valence electrons. The zero-order valence-corrected chi connectivity index (χ0v) is 16.4. The molecular formula is C23H31NO2. The Morgan fingerprint density at radius 3 is 2.69 bits per heavy atom. The SMILES string of the molecule is CC(=O)OC1CC[C@@]2(C)C(=CC[C@@H]3[C@@H]2CC[C@]2(C)C(=CC#N)CC[C@@H]32)C1. The van der Waals surface area contributed by atoms with Crippen molar-refractivity contribution in [1.82, 2.24) is 0 Å². The molecule has 4 rings (SSSR count). The van der Waals surface area contributed by atoms with E-state index in [9.17, 15) is 10.1 Å². The van der Waals surface area contributed by atoms with Crippen LogP contribution in [-0.2, 0) is 9.53 Å². The first-order chi connectivity index (χ1) is 12.4. The van der Waals surface area contributed by atoms with E-state index in [1.165, 1.54) is 38.2 Å². The topological polar surface area (TPSA) is 50.1 Å². The number of nitrogens with zero attached hydrogens (tertiary/aromatic N) is 1. The Bertz CT molecular complexity index is 714. The van der Waals surface area contributed by atoms with Gasteiger partial charge in [0.2, 0.25) is 0 Å². The van der Waals surface area contributed by atoms with Crippen LogP contribution in [0.5, 0.6) is 0 Å². The van der Waals surface area contributed by atoms with Gasteiger partial charge in [-0.05, 0) is 73.5 Å². The highest BCUT2D eigenvalue weighted by Gasteiger charge is 2.57. The lowest BCUT2D eigenvalue weighted by Gasteiger charge is -2.57. The van der Waals surface area contributed by atoms with Crippen molar-refractivity contribution in [1.29, 1.82) is 5.26 Å². The standard InChI is InChI=1S/C23H31NO2/c1-15(25)26-18-8-11-23(3)17(14-18)4-6-19-20-7-5-16(10-13-24)22(20,2)12-9-21(19)23/h4,10,18-21H,5-9,11-12,14H2,1-3H3/t18?,19-,20-,21-,22+,23-/m0/s1. The summed E-state index contributed by atoms with van der Waals surface area (Å²) in [5, 5.41) is 9.17. The summed E-state index contributed by atoms with van der Waals surface area (Å²) in [5.74, 6) is 2.07. The molecule has 1 unspecified atom stereocenters. The van der Waals surface area contributed by atoms with Crippen LogP contribution in [0.1, 0.15) is 72.1 Å².